The molecule has 4 heterocycles. The zero-order valence-electron chi connectivity index (χ0n) is 14.8. The lowest BCUT2D eigenvalue weighted by atomic mass is 9.96. The molecular weight excluding hydrogens is 344 g/mol. The van der Waals surface area contributed by atoms with Crippen LogP contribution in [0, 0.1) is 6.92 Å². The predicted molar refractivity (Wildman–Crippen MR) is 103 cm³/mol. The second-order valence-corrected chi connectivity index (χ2v) is 7.71. The van der Waals surface area contributed by atoms with E-state index in [1.54, 1.807) is 6.20 Å². The van der Waals surface area contributed by atoms with Crippen LogP contribution in [0.15, 0.2) is 48.4 Å². The van der Waals surface area contributed by atoms with Gasteiger partial charge in [0.15, 0.2) is 0 Å². The van der Waals surface area contributed by atoms with Crippen LogP contribution in [0.3, 0.4) is 0 Å². The van der Waals surface area contributed by atoms with Crippen LogP contribution in [-0.2, 0) is 6.54 Å². The normalized spacial score (nSPS) is 17.4. The highest BCUT2D eigenvalue weighted by Gasteiger charge is 2.29. The molecule has 3 aromatic heterocycles. The van der Waals surface area contributed by atoms with Gasteiger partial charge in [-0.2, -0.15) is 0 Å². The molecule has 0 aliphatic carbocycles. The third-order valence-electron chi connectivity index (χ3n) is 4.95. The first-order valence-corrected chi connectivity index (χ1v) is 9.83. The van der Waals surface area contributed by atoms with Gasteiger partial charge >= 0.3 is 0 Å². The maximum atomic E-state index is 12.9. The Hall–Kier alpha value is -2.47. The Morgan fingerprint density at radius 3 is 3.04 bits per heavy atom. The van der Waals surface area contributed by atoms with E-state index in [0.717, 1.165) is 54.3 Å². The van der Waals surface area contributed by atoms with Crippen LogP contribution in [0.5, 0.6) is 0 Å². The average Bonchev–Trinajstić information content (AvgIpc) is 3.31. The van der Waals surface area contributed by atoms with Gasteiger partial charge in [-0.3, -0.25) is 9.78 Å². The highest BCUT2D eigenvalue weighted by Crippen LogP contribution is 2.28. The number of imidazole rings is 1. The van der Waals surface area contributed by atoms with E-state index in [1.807, 2.05) is 47.9 Å². The lowest BCUT2D eigenvalue weighted by Gasteiger charge is -2.32. The minimum Gasteiger partial charge on any atom is -0.337 e. The Morgan fingerprint density at radius 1 is 1.35 bits per heavy atom. The van der Waals surface area contributed by atoms with Gasteiger partial charge in [-0.05, 0) is 48.4 Å². The largest absolute Gasteiger partial charge is 0.337 e. The van der Waals surface area contributed by atoms with E-state index in [9.17, 15) is 4.79 Å². The number of hydrogen-bond donors (Lipinski definition) is 0. The lowest BCUT2D eigenvalue weighted by molar-refractivity contribution is 0.0707. The maximum Gasteiger partial charge on any atom is 0.264 e. The molecule has 0 saturated carbocycles. The van der Waals surface area contributed by atoms with Crippen molar-refractivity contribution in [2.75, 3.05) is 13.1 Å². The second kappa shape index (κ2) is 7.41. The molecule has 1 aliphatic rings. The number of pyridine rings is 1. The van der Waals surface area contributed by atoms with Crippen LogP contribution in [0.25, 0.3) is 0 Å². The minimum atomic E-state index is 0.160. The van der Waals surface area contributed by atoms with Gasteiger partial charge in [-0.25, -0.2) is 4.98 Å². The van der Waals surface area contributed by atoms with E-state index < -0.39 is 0 Å². The van der Waals surface area contributed by atoms with E-state index in [2.05, 4.69) is 20.6 Å². The summed E-state index contributed by atoms with van der Waals surface area (Å²) >= 11 is 1.54. The third kappa shape index (κ3) is 3.42. The topological polar surface area (TPSA) is 51.0 Å². The molecule has 134 valence electrons. The number of aryl methyl sites for hydroxylation is 1. The number of hydrogen-bond acceptors (Lipinski definition) is 4. The molecule has 0 N–H and O–H groups in total. The SMILES string of the molecule is Cc1ccsc1C(=O)N1CCCC(c2nccn2Cc2cccnc2)C1. The predicted octanol–water partition coefficient (Wildman–Crippen LogP) is 3.72. The molecule has 3 aromatic rings. The van der Waals surface area contributed by atoms with Gasteiger partial charge in [0.25, 0.3) is 5.91 Å². The number of carbonyl (C=O) groups is 1. The molecule has 0 spiro atoms. The molecular formula is C20H22N4OS. The van der Waals surface area contributed by atoms with Crippen molar-refractivity contribution in [1.82, 2.24) is 19.4 Å². The number of rotatable bonds is 4. The van der Waals surface area contributed by atoms with Crippen LogP contribution in [-0.4, -0.2) is 38.4 Å². The quantitative estimate of drug-likeness (QED) is 0.707. The van der Waals surface area contributed by atoms with Crippen molar-refractivity contribution in [2.24, 2.45) is 0 Å². The highest BCUT2D eigenvalue weighted by molar-refractivity contribution is 7.12. The van der Waals surface area contributed by atoms with Gasteiger partial charge in [0.1, 0.15) is 5.82 Å². The molecule has 6 heteroatoms. The number of thiophene rings is 1. The third-order valence-corrected chi connectivity index (χ3v) is 5.96. The molecule has 26 heavy (non-hydrogen) atoms. The Kier molecular flexibility index (Phi) is 4.84. The maximum absolute atomic E-state index is 12.9. The minimum absolute atomic E-state index is 0.160. The fourth-order valence-electron chi connectivity index (χ4n) is 3.61. The average molecular weight is 366 g/mol. The summed E-state index contributed by atoms with van der Waals surface area (Å²) < 4.78 is 2.19. The first-order valence-electron chi connectivity index (χ1n) is 8.95. The second-order valence-electron chi connectivity index (χ2n) is 6.80. The van der Waals surface area contributed by atoms with Gasteiger partial charge in [-0.1, -0.05) is 6.07 Å². The molecule has 4 rings (SSSR count). The van der Waals surface area contributed by atoms with Gasteiger partial charge in [0, 0.05) is 43.8 Å². The summed E-state index contributed by atoms with van der Waals surface area (Å²) in [6.45, 7) is 4.33. The van der Waals surface area contributed by atoms with Gasteiger partial charge in [0.05, 0.1) is 11.4 Å². The van der Waals surface area contributed by atoms with Crippen LogP contribution < -0.4 is 0 Å². The molecule has 5 nitrogen and oxygen atoms in total. The molecule has 1 amide bonds. The summed E-state index contributed by atoms with van der Waals surface area (Å²) in [7, 11) is 0. The highest BCUT2D eigenvalue weighted by atomic mass is 32.1. The summed E-state index contributed by atoms with van der Waals surface area (Å²) in [4.78, 5) is 24.5. The lowest BCUT2D eigenvalue weighted by Crippen LogP contribution is -2.39. The van der Waals surface area contributed by atoms with Crippen LogP contribution in [0.4, 0.5) is 0 Å². The molecule has 1 fully saturated rings. The van der Waals surface area contributed by atoms with Crippen LogP contribution in [0.1, 0.15) is 45.4 Å². The van der Waals surface area contributed by atoms with Gasteiger partial charge < -0.3 is 9.47 Å². The van der Waals surface area contributed by atoms with E-state index in [1.165, 1.54) is 11.3 Å². The van der Waals surface area contributed by atoms with E-state index in [0.29, 0.717) is 0 Å². The zero-order valence-corrected chi connectivity index (χ0v) is 15.7. The van der Waals surface area contributed by atoms with Crippen LogP contribution >= 0.6 is 11.3 Å². The fraction of sp³-hybridized carbons (Fsp3) is 0.350. The molecule has 1 aliphatic heterocycles. The Morgan fingerprint density at radius 2 is 2.27 bits per heavy atom. The van der Waals surface area contributed by atoms with Crippen molar-refractivity contribution >= 4 is 17.2 Å². The summed E-state index contributed by atoms with van der Waals surface area (Å²) in [6, 6.07) is 6.04. The van der Waals surface area contributed by atoms with E-state index in [-0.39, 0.29) is 11.8 Å². The van der Waals surface area contributed by atoms with Crippen LogP contribution in [0.2, 0.25) is 0 Å². The standard InChI is InChI=1S/C20H22N4OS/c1-15-6-11-26-18(15)20(25)24-9-3-5-17(14-24)19-22-8-10-23(19)13-16-4-2-7-21-12-16/h2,4,6-8,10-12,17H,3,5,9,13-14H2,1H3. The van der Waals surface area contributed by atoms with Crippen molar-refractivity contribution < 1.29 is 4.79 Å². The molecule has 0 aromatic carbocycles. The van der Waals surface area contributed by atoms with Crippen molar-refractivity contribution in [3.8, 4) is 0 Å². The number of aromatic nitrogens is 3. The molecule has 1 unspecified atom stereocenters. The summed E-state index contributed by atoms with van der Waals surface area (Å²) in [6.07, 6.45) is 9.63. The van der Waals surface area contributed by atoms with Crippen molar-refractivity contribution in [3.05, 3.63) is 70.2 Å². The van der Waals surface area contributed by atoms with E-state index >= 15 is 0 Å². The Labute approximate surface area is 157 Å². The van der Waals surface area contributed by atoms with Gasteiger partial charge in [0.2, 0.25) is 0 Å². The fourth-order valence-corrected chi connectivity index (χ4v) is 4.50. The molecule has 0 bridgehead atoms. The summed E-state index contributed by atoms with van der Waals surface area (Å²) in [5.74, 6) is 1.50. The summed E-state index contributed by atoms with van der Waals surface area (Å²) in [5.41, 5.74) is 2.23. The Balaban J connectivity index is 1.51. The number of nitrogens with zero attached hydrogens (tertiary/aromatic N) is 4. The number of carbonyl (C=O) groups excluding carboxylic acids is 1. The number of piperidine rings is 1. The van der Waals surface area contributed by atoms with Crippen molar-refractivity contribution in [2.45, 2.75) is 32.2 Å². The molecule has 1 atom stereocenters. The summed E-state index contributed by atoms with van der Waals surface area (Å²) in [5, 5.41) is 1.99. The molecule has 1 saturated heterocycles. The first kappa shape index (κ1) is 17.0. The van der Waals surface area contributed by atoms with Crippen molar-refractivity contribution in [1.29, 1.82) is 0 Å². The monoisotopic (exact) mass is 366 g/mol. The Bertz CT molecular complexity index is 886. The smallest absolute Gasteiger partial charge is 0.264 e. The first-order chi connectivity index (χ1) is 12.7. The van der Waals surface area contributed by atoms with E-state index in [4.69, 9.17) is 0 Å². The number of likely N-dealkylation sites (tertiary alicyclic amines) is 1. The van der Waals surface area contributed by atoms with Crippen molar-refractivity contribution in [3.63, 3.8) is 0 Å². The van der Waals surface area contributed by atoms with Gasteiger partial charge in [-0.15, -0.1) is 11.3 Å². The molecule has 0 radical (unpaired) electrons. The number of amides is 1. The zero-order chi connectivity index (χ0) is 17.9.